The van der Waals surface area contributed by atoms with E-state index in [9.17, 15) is 4.79 Å². The van der Waals surface area contributed by atoms with Crippen molar-refractivity contribution in [3.8, 4) is 0 Å². The van der Waals surface area contributed by atoms with E-state index in [0.29, 0.717) is 19.5 Å². The van der Waals surface area contributed by atoms with Gasteiger partial charge >= 0.3 is 0 Å². The van der Waals surface area contributed by atoms with Gasteiger partial charge in [-0.25, -0.2) is 4.98 Å². The first-order valence-corrected chi connectivity index (χ1v) is 5.40. The Morgan fingerprint density at radius 1 is 1.79 bits per heavy atom. The lowest BCUT2D eigenvalue weighted by atomic mass is 10.1. The molecular weight excluding hydrogens is 200 g/mol. The molecule has 0 aliphatic carbocycles. The Hall–Kier alpha value is -0.940. The van der Waals surface area contributed by atoms with Gasteiger partial charge in [-0.05, 0) is 6.92 Å². The maximum atomic E-state index is 11.5. The van der Waals surface area contributed by atoms with E-state index in [1.54, 1.807) is 16.2 Å². The van der Waals surface area contributed by atoms with Crippen molar-refractivity contribution in [1.29, 1.82) is 0 Å². The summed E-state index contributed by atoms with van der Waals surface area (Å²) < 4.78 is 0. The lowest BCUT2D eigenvalue weighted by Crippen LogP contribution is -2.53. The molecule has 0 atom stereocenters. The highest BCUT2D eigenvalue weighted by Gasteiger charge is 2.28. The van der Waals surface area contributed by atoms with Crippen LogP contribution in [0.25, 0.3) is 0 Å². The third-order valence-corrected chi connectivity index (χ3v) is 3.04. The topological polar surface area (TPSA) is 53.4 Å². The highest BCUT2D eigenvalue weighted by molar-refractivity contribution is 7.09. The fraction of sp³-hybridized carbons (Fsp3) is 0.556. The third kappa shape index (κ3) is 1.93. The number of carbonyl (C=O) groups is 1. The van der Waals surface area contributed by atoms with Crippen molar-refractivity contribution in [3.05, 3.63) is 16.1 Å². The van der Waals surface area contributed by atoms with E-state index in [1.807, 2.05) is 12.3 Å². The van der Waals surface area contributed by atoms with Crippen molar-refractivity contribution in [2.75, 3.05) is 13.1 Å². The predicted octanol–water partition coefficient (Wildman–Crippen LogP) is 0.197. The first-order chi connectivity index (χ1) is 6.65. The fourth-order valence-corrected chi connectivity index (χ4v) is 2.03. The Balaban J connectivity index is 1.89. The van der Waals surface area contributed by atoms with Crippen LogP contribution in [-0.2, 0) is 11.2 Å². The Labute approximate surface area is 86.2 Å². The number of aliphatic hydroxyl groups is 1. The number of hydrogen-bond acceptors (Lipinski definition) is 4. The zero-order chi connectivity index (χ0) is 10.1. The number of amides is 1. The van der Waals surface area contributed by atoms with Crippen LogP contribution in [0.2, 0.25) is 0 Å². The molecule has 1 aromatic heterocycles. The predicted molar refractivity (Wildman–Crippen MR) is 53.1 cm³/mol. The minimum atomic E-state index is -0.323. The molecule has 0 aromatic carbocycles. The summed E-state index contributed by atoms with van der Waals surface area (Å²) >= 11 is 1.55. The van der Waals surface area contributed by atoms with Gasteiger partial charge in [0.25, 0.3) is 0 Å². The van der Waals surface area contributed by atoms with Crippen LogP contribution < -0.4 is 0 Å². The van der Waals surface area contributed by atoms with Gasteiger partial charge in [-0.1, -0.05) is 0 Å². The molecule has 4 nitrogen and oxygen atoms in total. The largest absolute Gasteiger partial charge is 0.389 e. The van der Waals surface area contributed by atoms with Gasteiger partial charge in [-0.3, -0.25) is 4.79 Å². The Kier molecular flexibility index (Phi) is 2.52. The number of aliphatic hydroxyl groups excluding tert-OH is 1. The Bertz CT molecular complexity index is 344. The van der Waals surface area contributed by atoms with Gasteiger partial charge in [0.1, 0.15) is 0 Å². The van der Waals surface area contributed by atoms with E-state index in [2.05, 4.69) is 4.98 Å². The number of aromatic nitrogens is 1. The number of carbonyl (C=O) groups excluding carboxylic acids is 1. The Morgan fingerprint density at radius 2 is 2.50 bits per heavy atom. The smallest absolute Gasteiger partial charge is 0.228 e. The standard InChI is InChI=1S/C9H12N2O2S/c1-6-10-7(5-14-6)2-9(13)11-3-8(12)4-11/h5,8,12H,2-4H2,1H3. The lowest BCUT2D eigenvalue weighted by Gasteiger charge is -2.35. The van der Waals surface area contributed by atoms with Crippen LogP contribution in [0.1, 0.15) is 10.7 Å². The molecule has 0 spiro atoms. The third-order valence-electron chi connectivity index (χ3n) is 2.21. The van der Waals surface area contributed by atoms with Crippen LogP contribution in [0.4, 0.5) is 0 Å². The minimum Gasteiger partial charge on any atom is -0.389 e. The molecule has 0 bridgehead atoms. The van der Waals surface area contributed by atoms with Gasteiger partial charge in [-0.15, -0.1) is 11.3 Å². The molecule has 1 aromatic rings. The summed E-state index contributed by atoms with van der Waals surface area (Å²) in [6.07, 6.45) is 0.0352. The molecule has 14 heavy (non-hydrogen) atoms. The molecule has 5 heteroatoms. The van der Waals surface area contributed by atoms with Crippen LogP contribution in [0.3, 0.4) is 0 Å². The average Bonchev–Trinajstić information content (AvgIpc) is 2.45. The molecule has 1 N–H and O–H groups in total. The molecule has 1 aliphatic rings. The molecule has 1 saturated heterocycles. The van der Waals surface area contributed by atoms with Crippen LogP contribution in [0, 0.1) is 6.92 Å². The number of β-amino-alcohol motifs (C(OH)–C–C–N with tert-alkyl or cyclic N) is 1. The number of nitrogens with zero attached hydrogens (tertiary/aromatic N) is 2. The second-order valence-electron chi connectivity index (χ2n) is 3.49. The lowest BCUT2D eigenvalue weighted by molar-refractivity contribution is -0.140. The monoisotopic (exact) mass is 212 g/mol. The summed E-state index contributed by atoms with van der Waals surface area (Å²) in [6.45, 7) is 2.87. The molecular formula is C9H12N2O2S. The molecule has 0 unspecified atom stereocenters. The summed E-state index contributed by atoms with van der Waals surface area (Å²) in [5.74, 6) is 0.0561. The highest BCUT2D eigenvalue weighted by atomic mass is 32.1. The van der Waals surface area contributed by atoms with Gasteiger partial charge < -0.3 is 10.0 Å². The molecule has 2 heterocycles. The maximum Gasteiger partial charge on any atom is 0.228 e. The SMILES string of the molecule is Cc1nc(CC(=O)N2CC(O)C2)cs1. The van der Waals surface area contributed by atoms with E-state index in [4.69, 9.17) is 5.11 Å². The number of thiazole rings is 1. The van der Waals surface area contributed by atoms with Crippen molar-refractivity contribution in [2.45, 2.75) is 19.4 Å². The van der Waals surface area contributed by atoms with E-state index in [0.717, 1.165) is 10.7 Å². The van der Waals surface area contributed by atoms with Crippen molar-refractivity contribution in [2.24, 2.45) is 0 Å². The van der Waals surface area contributed by atoms with Crippen molar-refractivity contribution in [3.63, 3.8) is 0 Å². The van der Waals surface area contributed by atoms with Crippen LogP contribution in [0.15, 0.2) is 5.38 Å². The first kappa shape index (κ1) is 9.61. The number of hydrogen-bond donors (Lipinski definition) is 1. The molecule has 1 amide bonds. The zero-order valence-corrected chi connectivity index (χ0v) is 8.75. The fourth-order valence-electron chi connectivity index (χ4n) is 1.42. The number of likely N-dealkylation sites (tertiary alicyclic amines) is 1. The normalized spacial score (nSPS) is 16.9. The zero-order valence-electron chi connectivity index (χ0n) is 7.93. The molecule has 0 radical (unpaired) electrons. The van der Waals surface area contributed by atoms with Crippen molar-refractivity contribution >= 4 is 17.2 Å². The van der Waals surface area contributed by atoms with Gasteiger partial charge in [0.05, 0.1) is 23.2 Å². The number of rotatable bonds is 2. The van der Waals surface area contributed by atoms with Gasteiger partial charge in [0, 0.05) is 18.5 Å². The van der Waals surface area contributed by atoms with E-state index in [1.165, 1.54) is 0 Å². The molecule has 1 aliphatic heterocycles. The molecule has 0 saturated carbocycles. The Morgan fingerprint density at radius 3 is 3.00 bits per heavy atom. The van der Waals surface area contributed by atoms with E-state index >= 15 is 0 Å². The summed E-state index contributed by atoms with van der Waals surface area (Å²) in [5.41, 5.74) is 0.832. The second-order valence-corrected chi connectivity index (χ2v) is 4.55. The van der Waals surface area contributed by atoms with Crippen molar-refractivity contribution in [1.82, 2.24) is 9.88 Å². The molecule has 2 rings (SSSR count). The first-order valence-electron chi connectivity index (χ1n) is 4.52. The summed E-state index contributed by atoms with van der Waals surface area (Å²) in [7, 11) is 0. The summed E-state index contributed by atoms with van der Waals surface area (Å²) in [6, 6.07) is 0. The average molecular weight is 212 g/mol. The van der Waals surface area contributed by atoms with Gasteiger partial charge in [0.2, 0.25) is 5.91 Å². The van der Waals surface area contributed by atoms with E-state index in [-0.39, 0.29) is 12.0 Å². The van der Waals surface area contributed by atoms with E-state index < -0.39 is 0 Å². The quantitative estimate of drug-likeness (QED) is 0.761. The van der Waals surface area contributed by atoms with Crippen LogP contribution in [0.5, 0.6) is 0 Å². The van der Waals surface area contributed by atoms with Crippen LogP contribution in [-0.4, -0.2) is 40.1 Å². The number of aryl methyl sites for hydroxylation is 1. The molecule has 76 valence electrons. The maximum absolute atomic E-state index is 11.5. The van der Waals surface area contributed by atoms with Gasteiger partial charge in [0.15, 0.2) is 0 Å². The summed E-state index contributed by atoms with van der Waals surface area (Å²) in [4.78, 5) is 17.4. The van der Waals surface area contributed by atoms with Crippen molar-refractivity contribution < 1.29 is 9.90 Å². The summed E-state index contributed by atoms with van der Waals surface area (Å²) in [5, 5.41) is 11.9. The second kappa shape index (κ2) is 3.67. The molecule has 1 fully saturated rings. The highest BCUT2D eigenvalue weighted by Crippen LogP contribution is 2.13. The van der Waals surface area contributed by atoms with Crippen LogP contribution >= 0.6 is 11.3 Å². The minimum absolute atomic E-state index is 0.0561. The van der Waals surface area contributed by atoms with Gasteiger partial charge in [-0.2, -0.15) is 0 Å².